The van der Waals surface area contributed by atoms with E-state index in [-0.39, 0.29) is 21.4 Å². The second-order valence-corrected chi connectivity index (χ2v) is 6.86. The lowest BCUT2D eigenvalue weighted by Gasteiger charge is -2.09. The van der Waals surface area contributed by atoms with Gasteiger partial charge in [-0.2, -0.15) is 5.26 Å². The van der Waals surface area contributed by atoms with Gasteiger partial charge >= 0.3 is 5.97 Å². The number of carbonyl (C=O) groups is 2. The van der Waals surface area contributed by atoms with Crippen molar-refractivity contribution in [1.29, 1.82) is 5.26 Å². The molecule has 2 N–H and O–H groups in total. The summed E-state index contributed by atoms with van der Waals surface area (Å²) >= 11 is 15.4. The van der Waals surface area contributed by atoms with Crippen LogP contribution in [0.25, 0.3) is 6.08 Å². The van der Waals surface area contributed by atoms with E-state index in [1.807, 2.05) is 6.07 Å². The van der Waals surface area contributed by atoms with Crippen LogP contribution in [-0.2, 0) is 9.59 Å². The molecule has 0 aliphatic heterocycles. The van der Waals surface area contributed by atoms with Crippen molar-refractivity contribution in [2.45, 2.75) is 0 Å². The molecule has 0 aliphatic rings. The van der Waals surface area contributed by atoms with Crippen LogP contribution in [-0.4, -0.2) is 23.6 Å². The zero-order valence-electron chi connectivity index (χ0n) is 13.5. The van der Waals surface area contributed by atoms with Crippen LogP contribution in [0.5, 0.6) is 5.75 Å². The Labute approximate surface area is 173 Å². The summed E-state index contributed by atoms with van der Waals surface area (Å²) in [5, 5.41) is 20.7. The number of hydrogen-bond acceptors (Lipinski definition) is 4. The Kier molecular flexibility index (Phi) is 7.25. The molecule has 138 valence electrons. The lowest BCUT2D eigenvalue weighted by molar-refractivity contribution is -0.139. The predicted octanol–water partition coefficient (Wildman–Crippen LogP) is 4.76. The molecule has 0 unspecified atom stereocenters. The largest absolute Gasteiger partial charge is 0.479 e. The van der Waals surface area contributed by atoms with Gasteiger partial charge < -0.3 is 15.2 Å². The van der Waals surface area contributed by atoms with Gasteiger partial charge in [0.1, 0.15) is 11.6 Å². The van der Waals surface area contributed by atoms with Gasteiger partial charge in [0, 0.05) is 10.2 Å². The first-order chi connectivity index (χ1) is 12.8. The van der Waals surface area contributed by atoms with Crippen LogP contribution >= 0.6 is 39.1 Å². The maximum Gasteiger partial charge on any atom is 0.341 e. The smallest absolute Gasteiger partial charge is 0.341 e. The fourth-order valence-corrected chi connectivity index (χ4v) is 3.03. The van der Waals surface area contributed by atoms with Gasteiger partial charge in [0.15, 0.2) is 12.4 Å². The number of anilines is 1. The minimum absolute atomic E-state index is 0.00924. The van der Waals surface area contributed by atoms with Crippen LogP contribution in [0.3, 0.4) is 0 Å². The van der Waals surface area contributed by atoms with Crippen molar-refractivity contribution in [3.8, 4) is 11.8 Å². The summed E-state index contributed by atoms with van der Waals surface area (Å²) in [5.74, 6) is -1.77. The number of nitrogens with zero attached hydrogens (tertiary/aromatic N) is 1. The summed E-state index contributed by atoms with van der Waals surface area (Å²) in [5.41, 5.74) is 0.735. The highest BCUT2D eigenvalue weighted by Crippen LogP contribution is 2.35. The number of carbonyl (C=O) groups excluding carboxylic acids is 1. The zero-order chi connectivity index (χ0) is 20.0. The Bertz CT molecular complexity index is 947. The average Bonchev–Trinajstić information content (AvgIpc) is 2.58. The molecule has 0 bridgehead atoms. The molecule has 0 radical (unpaired) electrons. The molecule has 0 aliphatic carbocycles. The molecule has 2 aromatic carbocycles. The molecule has 0 aromatic heterocycles. The summed E-state index contributed by atoms with van der Waals surface area (Å²) in [6, 6.07) is 11.6. The van der Waals surface area contributed by atoms with E-state index in [9.17, 15) is 14.9 Å². The van der Waals surface area contributed by atoms with E-state index in [0.717, 1.165) is 4.47 Å². The molecule has 6 nitrogen and oxygen atoms in total. The van der Waals surface area contributed by atoms with Crippen LogP contribution in [0, 0.1) is 11.3 Å². The van der Waals surface area contributed by atoms with Crippen molar-refractivity contribution in [3.05, 3.63) is 62.1 Å². The van der Waals surface area contributed by atoms with Crippen molar-refractivity contribution in [2.75, 3.05) is 11.9 Å². The van der Waals surface area contributed by atoms with Gasteiger partial charge in [-0.15, -0.1) is 0 Å². The van der Waals surface area contributed by atoms with Crippen LogP contribution < -0.4 is 10.1 Å². The number of hydrogen-bond donors (Lipinski definition) is 2. The number of amides is 1. The van der Waals surface area contributed by atoms with Crippen LogP contribution in [0.1, 0.15) is 5.56 Å². The Morgan fingerprint density at radius 3 is 2.48 bits per heavy atom. The number of aliphatic carboxylic acids is 1. The normalized spacial score (nSPS) is 10.8. The fraction of sp³-hybridized carbons (Fsp3) is 0.0556. The number of benzene rings is 2. The molecule has 0 atom stereocenters. The monoisotopic (exact) mass is 468 g/mol. The zero-order valence-corrected chi connectivity index (χ0v) is 16.6. The standard InChI is InChI=1S/C18H11BrCl2N2O4/c19-12-2-1-3-13(7-12)23-18(26)11(8-22)4-10-5-14(20)17(15(21)6-10)27-9-16(24)25/h1-7H,9H2,(H,23,26)(H,24,25)/b11-4-. The van der Waals surface area contributed by atoms with E-state index in [1.165, 1.54) is 18.2 Å². The molecule has 0 saturated heterocycles. The molecular weight excluding hydrogens is 459 g/mol. The van der Waals surface area contributed by atoms with Gasteiger partial charge in [-0.1, -0.05) is 45.2 Å². The number of nitriles is 1. The fourth-order valence-electron chi connectivity index (χ4n) is 2.01. The Morgan fingerprint density at radius 2 is 1.93 bits per heavy atom. The summed E-state index contributed by atoms with van der Waals surface area (Å²) in [7, 11) is 0. The van der Waals surface area contributed by atoms with Gasteiger partial charge in [0.05, 0.1) is 10.0 Å². The van der Waals surface area contributed by atoms with E-state index >= 15 is 0 Å². The number of nitrogens with one attached hydrogen (secondary N) is 1. The van der Waals surface area contributed by atoms with Crippen molar-refractivity contribution in [2.24, 2.45) is 0 Å². The highest BCUT2D eigenvalue weighted by atomic mass is 79.9. The molecule has 0 fully saturated rings. The van der Waals surface area contributed by atoms with E-state index in [0.29, 0.717) is 11.3 Å². The molecule has 27 heavy (non-hydrogen) atoms. The third-order valence-corrected chi connectivity index (χ3v) is 4.17. The van der Waals surface area contributed by atoms with E-state index in [1.54, 1.807) is 24.3 Å². The van der Waals surface area contributed by atoms with Gasteiger partial charge in [-0.05, 0) is 42.0 Å². The first-order valence-electron chi connectivity index (χ1n) is 7.32. The van der Waals surface area contributed by atoms with E-state index in [2.05, 4.69) is 21.2 Å². The van der Waals surface area contributed by atoms with Crippen molar-refractivity contribution >= 4 is 62.8 Å². The quantitative estimate of drug-likeness (QED) is 0.469. The Balaban J connectivity index is 2.25. The van der Waals surface area contributed by atoms with Crippen molar-refractivity contribution in [1.82, 2.24) is 0 Å². The lowest BCUT2D eigenvalue weighted by atomic mass is 10.1. The van der Waals surface area contributed by atoms with Gasteiger partial charge in [-0.25, -0.2) is 4.79 Å². The number of carboxylic acid groups (broad SMARTS) is 1. The van der Waals surface area contributed by atoms with Gasteiger partial charge in [0.25, 0.3) is 5.91 Å². The highest BCUT2D eigenvalue weighted by Gasteiger charge is 2.14. The lowest BCUT2D eigenvalue weighted by Crippen LogP contribution is -2.13. The molecule has 9 heteroatoms. The second kappa shape index (κ2) is 9.42. The summed E-state index contributed by atoms with van der Waals surface area (Å²) < 4.78 is 5.80. The van der Waals surface area contributed by atoms with E-state index in [4.69, 9.17) is 33.0 Å². The Morgan fingerprint density at radius 1 is 1.26 bits per heavy atom. The third-order valence-electron chi connectivity index (χ3n) is 3.12. The number of ether oxygens (including phenoxy) is 1. The average molecular weight is 470 g/mol. The molecule has 0 spiro atoms. The number of halogens is 3. The number of rotatable bonds is 6. The van der Waals surface area contributed by atoms with Crippen molar-refractivity contribution < 1.29 is 19.4 Å². The van der Waals surface area contributed by atoms with Gasteiger partial charge in [-0.3, -0.25) is 4.79 Å². The summed E-state index contributed by atoms with van der Waals surface area (Å²) in [6.45, 7) is -0.604. The SMILES string of the molecule is N#C/C(=C/c1cc(Cl)c(OCC(=O)O)c(Cl)c1)C(=O)Nc1cccc(Br)c1. The van der Waals surface area contributed by atoms with Gasteiger partial charge in [0.2, 0.25) is 0 Å². The van der Waals surface area contributed by atoms with Crippen LogP contribution in [0.15, 0.2) is 46.4 Å². The molecule has 2 aromatic rings. The third kappa shape index (κ3) is 6.00. The highest BCUT2D eigenvalue weighted by molar-refractivity contribution is 9.10. The minimum atomic E-state index is -1.18. The van der Waals surface area contributed by atoms with Crippen molar-refractivity contribution in [3.63, 3.8) is 0 Å². The minimum Gasteiger partial charge on any atom is -0.479 e. The first kappa shape index (κ1) is 20.8. The number of carboxylic acids is 1. The maximum absolute atomic E-state index is 12.3. The summed E-state index contributed by atoms with van der Waals surface area (Å²) in [6.07, 6.45) is 1.31. The molecule has 2 rings (SSSR count). The predicted molar refractivity (Wildman–Crippen MR) is 106 cm³/mol. The molecule has 0 saturated carbocycles. The molecule has 0 heterocycles. The molecular formula is C18H11BrCl2N2O4. The van der Waals surface area contributed by atoms with Crippen LogP contribution in [0.2, 0.25) is 10.0 Å². The Hall–Kier alpha value is -2.53. The van der Waals surface area contributed by atoms with Crippen LogP contribution in [0.4, 0.5) is 5.69 Å². The summed E-state index contributed by atoms with van der Waals surface area (Å²) in [4.78, 5) is 22.9. The first-order valence-corrected chi connectivity index (χ1v) is 8.87. The molecule has 1 amide bonds. The van der Waals surface area contributed by atoms with E-state index < -0.39 is 18.5 Å². The second-order valence-electron chi connectivity index (χ2n) is 5.13. The topological polar surface area (TPSA) is 99.4 Å². The maximum atomic E-state index is 12.3.